The van der Waals surface area contributed by atoms with Crippen LogP contribution in [0.2, 0.25) is 0 Å². The summed E-state index contributed by atoms with van der Waals surface area (Å²) in [5, 5.41) is 2.93. The van der Waals surface area contributed by atoms with Gasteiger partial charge in [0.25, 0.3) is 0 Å². The van der Waals surface area contributed by atoms with E-state index in [1.165, 1.54) is 12.4 Å². The number of hydrogen-bond acceptors (Lipinski definition) is 9. The molecule has 150 valence electrons. The minimum Gasteiger partial charge on any atom is -0.493 e. The molecule has 7 N–H and O–H groups in total. The van der Waals surface area contributed by atoms with Crippen molar-refractivity contribution in [2.75, 3.05) is 25.3 Å². The number of nitrogen functional groups attached to an aromatic ring is 1. The van der Waals surface area contributed by atoms with E-state index >= 15 is 0 Å². The molecule has 1 aromatic heterocycles. The second-order valence-electron chi connectivity index (χ2n) is 6.07. The number of ether oxygens (including phenoxy) is 3. The van der Waals surface area contributed by atoms with Gasteiger partial charge in [-0.3, -0.25) is 0 Å². The number of nitrogens with one attached hydrogen (secondary N) is 1. The summed E-state index contributed by atoms with van der Waals surface area (Å²) in [4.78, 5) is 8.17. The van der Waals surface area contributed by atoms with Crippen LogP contribution in [0.15, 0.2) is 42.5 Å². The van der Waals surface area contributed by atoms with Crippen LogP contribution >= 0.6 is 0 Å². The van der Waals surface area contributed by atoms with Crippen LogP contribution < -0.4 is 36.7 Å². The Morgan fingerprint density at radius 3 is 2.39 bits per heavy atom. The number of aromatic nitrogens is 2. The molecule has 0 radical (unpaired) electrons. The molecule has 0 saturated carbocycles. The zero-order valence-corrected chi connectivity index (χ0v) is 16.4. The molecule has 0 saturated heterocycles. The van der Waals surface area contributed by atoms with Crippen molar-refractivity contribution in [1.29, 1.82) is 0 Å². The van der Waals surface area contributed by atoms with Crippen LogP contribution in [0.5, 0.6) is 23.0 Å². The minimum atomic E-state index is 0.0772. The molecule has 0 fully saturated rings. The summed E-state index contributed by atoms with van der Waals surface area (Å²) in [6.07, 6.45) is 5.99. The summed E-state index contributed by atoms with van der Waals surface area (Å²) in [7, 11) is 3.15. The van der Waals surface area contributed by atoms with Crippen molar-refractivity contribution in [3.05, 3.63) is 48.1 Å². The maximum atomic E-state index is 6.10. The summed E-state index contributed by atoms with van der Waals surface area (Å²) in [6, 6.07) is 3.63. The van der Waals surface area contributed by atoms with E-state index in [1.807, 2.05) is 19.9 Å². The lowest BCUT2D eigenvalue weighted by molar-refractivity contribution is 0.350. The lowest BCUT2D eigenvalue weighted by Crippen LogP contribution is -2.12. The molecule has 28 heavy (non-hydrogen) atoms. The smallest absolute Gasteiger partial charge is 0.222 e. The third kappa shape index (κ3) is 4.97. The van der Waals surface area contributed by atoms with Gasteiger partial charge < -0.3 is 36.7 Å². The fourth-order valence-electron chi connectivity index (χ4n) is 2.42. The Morgan fingerprint density at radius 2 is 1.79 bits per heavy atom. The lowest BCUT2D eigenvalue weighted by Gasteiger charge is -2.18. The molecule has 0 aliphatic carbocycles. The number of hydrogen-bond donors (Lipinski definition) is 4. The van der Waals surface area contributed by atoms with Crippen molar-refractivity contribution >= 4 is 11.8 Å². The highest BCUT2D eigenvalue weighted by molar-refractivity contribution is 5.58. The number of rotatable bonds is 8. The van der Waals surface area contributed by atoms with Crippen molar-refractivity contribution in [1.82, 2.24) is 9.97 Å². The number of allylic oxidation sites excluding steroid dienone is 2. The average molecular weight is 386 g/mol. The largest absolute Gasteiger partial charge is 0.493 e. The predicted molar refractivity (Wildman–Crippen MR) is 109 cm³/mol. The van der Waals surface area contributed by atoms with E-state index in [4.69, 9.17) is 31.4 Å². The molecule has 2 aromatic rings. The Kier molecular flexibility index (Phi) is 6.91. The molecule has 0 amide bonds. The van der Waals surface area contributed by atoms with Crippen LogP contribution in [-0.2, 0) is 0 Å². The standard InChI is InChI=1S/C19H26N6O3/c1-11(2)12-8-14(26-3)15(27-4)9-13(12)28-16-10-23-19(22)25-18(16)24-17(21)6-5-7-20/h5-11H,20-21H2,1-4H3,(H3,22,23,24,25)/b7-5-,17-6+. The van der Waals surface area contributed by atoms with E-state index in [-0.39, 0.29) is 11.9 Å². The highest BCUT2D eigenvalue weighted by Gasteiger charge is 2.18. The summed E-state index contributed by atoms with van der Waals surface area (Å²) in [5.74, 6) is 2.95. The zero-order chi connectivity index (χ0) is 20.7. The van der Waals surface area contributed by atoms with Crippen LogP contribution in [-0.4, -0.2) is 24.2 Å². The molecule has 1 heterocycles. The van der Waals surface area contributed by atoms with Crippen molar-refractivity contribution in [3.8, 4) is 23.0 Å². The molecule has 0 aliphatic heterocycles. The van der Waals surface area contributed by atoms with E-state index in [9.17, 15) is 0 Å². The molecule has 0 spiro atoms. The molecule has 9 nitrogen and oxygen atoms in total. The van der Waals surface area contributed by atoms with E-state index in [1.54, 1.807) is 32.4 Å². The molecular formula is C19H26N6O3. The summed E-state index contributed by atoms with van der Waals surface area (Å²) in [6.45, 7) is 4.10. The van der Waals surface area contributed by atoms with Crippen LogP contribution in [0.4, 0.5) is 11.8 Å². The second-order valence-corrected chi connectivity index (χ2v) is 6.07. The first-order chi connectivity index (χ1) is 13.4. The Hall–Kier alpha value is -3.62. The molecule has 1 aromatic carbocycles. The third-order valence-corrected chi connectivity index (χ3v) is 3.78. The highest BCUT2D eigenvalue weighted by atomic mass is 16.5. The maximum Gasteiger partial charge on any atom is 0.222 e. The van der Waals surface area contributed by atoms with Gasteiger partial charge in [0.2, 0.25) is 5.95 Å². The van der Waals surface area contributed by atoms with Gasteiger partial charge in [-0.05, 0) is 30.3 Å². The third-order valence-electron chi connectivity index (χ3n) is 3.78. The SMILES string of the molecule is COc1cc(Oc2cnc(N)nc2N/C(N)=C/C=C\N)c(C(C)C)cc1OC. The van der Waals surface area contributed by atoms with Gasteiger partial charge in [0.05, 0.1) is 20.4 Å². The second kappa shape index (κ2) is 9.36. The Morgan fingerprint density at radius 1 is 1.11 bits per heavy atom. The maximum absolute atomic E-state index is 6.10. The molecule has 0 aliphatic rings. The van der Waals surface area contributed by atoms with Gasteiger partial charge in [-0.1, -0.05) is 13.8 Å². The number of benzene rings is 1. The quantitative estimate of drug-likeness (QED) is 0.503. The van der Waals surface area contributed by atoms with Crippen molar-refractivity contribution in [2.24, 2.45) is 11.5 Å². The summed E-state index contributed by atoms with van der Waals surface area (Å²) in [5.41, 5.74) is 17.9. The Labute approximate surface area is 164 Å². The number of nitrogens with zero attached hydrogens (tertiary/aromatic N) is 2. The van der Waals surface area contributed by atoms with Crippen LogP contribution in [0.3, 0.4) is 0 Å². The Bertz CT molecular complexity index is 880. The fourth-order valence-corrected chi connectivity index (χ4v) is 2.42. The van der Waals surface area contributed by atoms with Crippen molar-refractivity contribution in [3.63, 3.8) is 0 Å². The van der Waals surface area contributed by atoms with Crippen LogP contribution in [0, 0.1) is 0 Å². The van der Waals surface area contributed by atoms with Gasteiger partial charge in [-0.2, -0.15) is 4.98 Å². The van der Waals surface area contributed by atoms with Crippen LogP contribution in [0.25, 0.3) is 0 Å². The van der Waals surface area contributed by atoms with Gasteiger partial charge in [0.15, 0.2) is 23.1 Å². The average Bonchev–Trinajstić information content (AvgIpc) is 2.67. The van der Waals surface area contributed by atoms with E-state index < -0.39 is 0 Å². The highest BCUT2D eigenvalue weighted by Crippen LogP contribution is 2.41. The zero-order valence-electron chi connectivity index (χ0n) is 16.4. The molecule has 9 heteroatoms. The van der Waals surface area contributed by atoms with E-state index in [2.05, 4.69) is 15.3 Å². The normalized spacial score (nSPS) is 11.7. The molecule has 0 bridgehead atoms. The molecule has 2 rings (SSSR count). The summed E-state index contributed by atoms with van der Waals surface area (Å²) >= 11 is 0. The number of nitrogens with two attached hydrogens (primary N) is 3. The number of methoxy groups -OCH3 is 2. The topological polar surface area (TPSA) is 144 Å². The molecular weight excluding hydrogens is 360 g/mol. The minimum absolute atomic E-state index is 0.0772. The molecule has 0 unspecified atom stereocenters. The first kappa shape index (κ1) is 20.7. The van der Waals surface area contributed by atoms with Crippen molar-refractivity contribution < 1.29 is 14.2 Å². The monoisotopic (exact) mass is 386 g/mol. The van der Waals surface area contributed by atoms with Gasteiger partial charge in [-0.25, -0.2) is 4.98 Å². The first-order valence-electron chi connectivity index (χ1n) is 8.56. The van der Waals surface area contributed by atoms with Gasteiger partial charge in [0.1, 0.15) is 11.6 Å². The Balaban J connectivity index is 2.47. The van der Waals surface area contributed by atoms with Gasteiger partial charge in [-0.15, -0.1) is 0 Å². The van der Waals surface area contributed by atoms with E-state index in [0.717, 1.165) is 5.56 Å². The number of anilines is 2. The fraction of sp³-hybridized carbons (Fsp3) is 0.263. The van der Waals surface area contributed by atoms with E-state index in [0.29, 0.717) is 34.6 Å². The van der Waals surface area contributed by atoms with Gasteiger partial charge in [0, 0.05) is 11.6 Å². The lowest BCUT2D eigenvalue weighted by atomic mass is 10.0. The van der Waals surface area contributed by atoms with Crippen LogP contribution in [0.1, 0.15) is 25.3 Å². The van der Waals surface area contributed by atoms with Crippen molar-refractivity contribution in [2.45, 2.75) is 19.8 Å². The summed E-state index contributed by atoms with van der Waals surface area (Å²) < 4.78 is 16.9. The molecule has 0 atom stereocenters. The first-order valence-corrected chi connectivity index (χ1v) is 8.56. The predicted octanol–water partition coefficient (Wildman–Crippen LogP) is 2.68. The van der Waals surface area contributed by atoms with Gasteiger partial charge >= 0.3 is 0 Å².